The van der Waals surface area contributed by atoms with Gasteiger partial charge in [-0.3, -0.25) is 9.59 Å². The topological polar surface area (TPSA) is 58.4 Å². The summed E-state index contributed by atoms with van der Waals surface area (Å²) in [4.78, 5) is 34.9. The second-order valence-corrected chi connectivity index (χ2v) is 9.08. The van der Waals surface area contributed by atoms with Crippen molar-refractivity contribution in [1.29, 1.82) is 0 Å². The van der Waals surface area contributed by atoms with E-state index in [4.69, 9.17) is 4.98 Å². The van der Waals surface area contributed by atoms with Crippen LogP contribution in [0.15, 0.2) is 48.5 Å². The fourth-order valence-corrected chi connectivity index (χ4v) is 4.98. The lowest BCUT2D eigenvalue weighted by atomic mass is 10.1. The molecule has 0 radical (unpaired) electrons. The fraction of sp³-hybridized carbons (Fsp3) is 0.423. The van der Waals surface area contributed by atoms with E-state index >= 15 is 0 Å². The lowest BCUT2D eigenvalue weighted by Gasteiger charge is -2.22. The highest BCUT2D eigenvalue weighted by molar-refractivity contribution is 5.96. The highest BCUT2D eigenvalue weighted by Crippen LogP contribution is 2.33. The van der Waals surface area contributed by atoms with Crippen LogP contribution >= 0.6 is 0 Å². The first kappa shape index (κ1) is 20.7. The molecule has 3 aromatic rings. The summed E-state index contributed by atoms with van der Waals surface area (Å²) in [5.74, 6) is 1.07. The average Bonchev–Trinajstić information content (AvgIpc) is 3.22. The SMILES string of the molecule is Cc1ccc(N2C[C@H](c3nc4ccccc4n3CC(=O)N3CCCCCC3)CC2=O)cc1. The van der Waals surface area contributed by atoms with Crippen LogP contribution in [0, 0.1) is 6.92 Å². The quantitative estimate of drug-likeness (QED) is 0.621. The second-order valence-electron chi connectivity index (χ2n) is 9.08. The van der Waals surface area contributed by atoms with Crippen molar-refractivity contribution in [3.8, 4) is 0 Å². The second kappa shape index (κ2) is 8.77. The van der Waals surface area contributed by atoms with Gasteiger partial charge in [-0.1, -0.05) is 42.7 Å². The molecule has 2 amide bonds. The van der Waals surface area contributed by atoms with Gasteiger partial charge in [-0.2, -0.15) is 0 Å². The van der Waals surface area contributed by atoms with Crippen molar-refractivity contribution in [2.24, 2.45) is 0 Å². The zero-order valence-corrected chi connectivity index (χ0v) is 18.7. The minimum Gasteiger partial charge on any atom is -0.341 e. The van der Waals surface area contributed by atoms with Gasteiger partial charge >= 0.3 is 0 Å². The smallest absolute Gasteiger partial charge is 0.242 e. The number of aryl methyl sites for hydroxylation is 1. The molecular weight excluding hydrogens is 400 g/mol. The summed E-state index contributed by atoms with van der Waals surface area (Å²) in [6.07, 6.45) is 4.96. The Morgan fingerprint density at radius 3 is 2.47 bits per heavy atom. The van der Waals surface area contributed by atoms with Gasteiger partial charge in [0.2, 0.25) is 11.8 Å². The first-order valence-electron chi connectivity index (χ1n) is 11.7. The van der Waals surface area contributed by atoms with Gasteiger partial charge in [-0.25, -0.2) is 4.98 Å². The van der Waals surface area contributed by atoms with E-state index in [9.17, 15) is 9.59 Å². The third-order valence-electron chi connectivity index (χ3n) is 6.77. The number of hydrogen-bond acceptors (Lipinski definition) is 3. The first-order chi connectivity index (χ1) is 15.6. The van der Waals surface area contributed by atoms with E-state index < -0.39 is 0 Å². The average molecular weight is 431 g/mol. The number of nitrogens with zero attached hydrogens (tertiary/aromatic N) is 4. The number of para-hydroxylation sites is 2. The largest absolute Gasteiger partial charge is 0.341 e. The molecule has 0 bridgehead atoms. The number of imidazole rings is 1. The molecule has 1 atom stereocenters. The Morgan fingerprint density at radius 1 is 1.00 bits per heavy atom. The van der Waals surface area contributed by atoms with Crippen molar-refractivity contribution in [3.05, 3.63) is 59.9 Å². The Kier molecular flexibility index (Phi) is 5.68. The molecule has 1 aromatic heterocycles. The molecule has 5 rings (SSSR count). The molecule has 2 aliphatic rings. The third-order valence-corrected chi connectivity index (χ3v) is 6.77. The van der Waals surface area contributed by atoms with Crippen molar-refractivity contribution in [2.75, 3.05) is 24.5 Å². The molecule has 0 spiro atoms. The number of anilines is 1. The zero-order valence-electron chi connectivity index (χ0n) is 18.7. The van der Waals surface area contributed by atoms with E-state index in [0.29, 0.717) is 13.0 Å². The molecule has 0 N–H and O–H groups in total. The summed E-state index contributed by atoms with van der Waals surface area (Å²) in [7, 11) is 0. The van der Waals surface area contributed by atoms with Gasteiger partial charge in [0.15, 0.2) is 0 Å². The van der Waals surface area contributed by atoms with Crippen LogP contribution in [0.1, 0.15) is 49.4 Å². The maximum Gasteiger partial charge on any atom is 0.242 e. The van der Waals surface area contributed by atoms with Crippen LogP contribution in [0.5, 0.6) is 0 Å². The minimum absolute atomic E-state index is 0.0341. The van der Waals surface area contributed by atoms with Crippen molar-refractivity contribution >= 4 is 28.5 Å². The number of carbonyl (C=O) groups excluding carboxylic acids is 2. The van der Waals surface area contributed by atoms with Crippen molar-refractivity contribution in [2.45, 2.75) is 51.5 Å². The molecule has 166 valence electrons. The summed E-state index contributed by atoms with van der Waals surface area (Å²) < 4.78 is 2.05. The molecule has 0 aliphatic carbocycles. The molecular formula is C26H30N4O2. The van der Waals surface area contributed by atoms with Crippen LogP contribution in [0.2, 0.25) is 0 Å². The predicted octanol–water partition coefficient (Wildman–Crippen LogP) is 4.27. The van der Waals surface area contributed by atoms with E-state index in [1.807, 2.05) is 65.3 Å². The van der Waals surface area contributed by atoms with E-state index in [1.165, 1.54) is 18.4 Å². The summed E-state index contributed by atoms with van der Waals surface area (Å²) in [6, 6.07) is 16.0. The molecule has 2 aliphatic heterocycles. The molecule has 3 heterocycles. The number of benzene rings is 2. The van der Waals surface area contributed by atoms with E-state index in [2.05, 4.69) is 4.57 Å². The monoisotopic (exact) mass is 430 g/mol. The number of aromatic nitrogens is 2. The van der Waals surface area contributed by atoms with Crippen LogP contribution < -0.4 is 4.90 Å². The molecule has 0 unspecified atom stereocenters. The third kappa shape index (κ3) is 4.01. The van der Waals surface area contributed by atoms with Crippen LogP contribution in [-0.4, -0.2) is 45.9 Å². The molecule has 2 fully saturated rings. The van der Waals surface area contributed by atoms with Crippen molar-refractivity contribution in [3.63, 3.8) is 0 Å². The highest BCUT2D eigenvalue weighted by atomic mass is 16.2. The van der Waals surface area contributed by atoms with Gasteiger partial charge in [0, 0.05) is 37.7 Å². The predicted molar refractivity (Wildman–Crippen MR) is 126 cm³/mol. The Hall–Kier alpha value is -3.15. The number of likely N-dealkylation sites (tertiary alicyclic amines) is 1. The van der Waals surface area contributed by atoms with Gasteiger partial charge in [-0.05, 0) is 44.0 Å². The van der Waals surface area contributed by atoms with Gasteiger partial charge in [0.05, 0.1) is 11.0 Å². The summed E-state index contributed by atoms with van der Waals surface area (Å²) in [5.41, 5.74) is 3.94. The first-order valence-corrected chi connectivity index (χ1v) is 11.7. The highest BCUT2D eigenvalue weighted by Gasteiger charge is 2.35. The van der Waals surface area contributed by atoms with Crippen LogP contribution in [-0.2, 0) is 16.1 Å². The maximum atomic E-state index is 13.2. The van der Waals surface area contributed by atoms with E-state index in [-0.39, 0.29) is 24.3 Å². The molecule has 32 heavy (non-hydrogen) atoms. The molecule has 6 nitrogen and oxygen atoms in total. The summed E-state index contributed by atoms with van der Waals surface area (Å²) >= 11 is 0. The Morgan fingerprint density at radius 2 is 1.72 bits per heavy atom. The Labute approximate surface area is 188 Å². The van der Waals surface area contributed by atoms with E-state index in [0.717, 1.165) is 48.5 Å². The molecule has 0 saturated carbocycles. The zero-order chi connectivity index (χ0) is 22.1. The number of fused-ring (bicyclic) bond motifs is 1. The number of rotatable bonds is 4. The van der Waals surface area contributed by atoms with Gasteiger partial charge in [0.1, 0.15) is 12.4 Å². The van der Waals surface area contributed by atoms with E-state index in [1.54, 1.807) is 0 Å². The normalized spacial score (nSPS) is 19.5. The Bertz CT molecular complexity index is 1130. The van der Waals surface area contributed by atoms with Crippen LogP contribution in [0.25, 0.3) is 11.0 Å². The van der Waals surface area contributed by atoms with Crippen LogP contribution in [0.4, 0.5) is 5.69 Å². The lowest BCUT2D eigenvalue weighted by molar-refractivity contribution is -0.131. The standard InChI is InChI=1S/C26H30N4O2/c1-19-10-12-21(13-11-19)29-17-20(16-24(29)31)26-27-22-8-4-5-9-23(22)30(26)18-25(32)28-14-6-2-3-7-15-28/h4-5,8-13,20H,2-3,6-7,14-18H2,1H3/t20-/m1/s1. The Balaban J connectivity index is 1.44. The molecule has 2 saturated heterocycles. The number of carbonyl (C=O) groups is 2. The molecule has 6 heteroatoms. The van der Waals surface area contributed by atoms with Crippen LogP contribution in [0.3, 0.4) is 0 Å². The number of hydrogen-bond donors (Lipinski definition) is 0. The maximum absolute atomic E-state index is 13.2. The van der Waals surface area contributed by atoms with Gasteiger partial charge < -0.3 is 14.4 Å². The number of amides is 2. The fourth-order valence-electron chi connectivity index (χ4n) is 4.98. The van der Waals surface area contributed by atoms with Gasteiger partial charge in [-0.15, -0.1) is 0 Å². The molecule has 2 aromatic carbocycles. The van der Waals surface area contributed by atoms with Crippen molar-refractivity contribution < 1.29 is 9.59 Å². The summed E-state index contributed by atoms with van der Waals surface area (Å²) in [6.45, 7) is 4.59. The van der Waals surface area contributed by atoms with Crippen molar-refractivity contribution in [1.82, 2.24) is 14.5 Å². The van der Waals surface area contributed by atoms with Gasteiger partial charge in [0.25, 0.3) is 0 Å². The minimum atomic E-state index is -0.0341. The summed E-state index contributed by atoms with van der Waals surface area (Å²) in [5, 5.41) is 0. The lowest BCUT2D eigenvalue weighted by Crippen LogP contribution is -2.35.